The molecule has 0 aliphatic heterocycles. The minimum Gasteiger partial charge on any atom is -0.0596 e. The summed E-state index contributed by atoms with van der Waals surface area (Å²) in [6.07, 6.45) is 6.43. The third kappa shape index (κ3) is 0.467. The molecule has 4 unspecified atom stereocenters. The summed E-state index contributed by atoms with van der Waals surface area (Å²) in [6.45, 7) is 2.55. The van der Waals surface area contributed by atoms with Gasteiger partial charge in [0.1, 0.15) is 0 Å². The predicted octanol–water partition coefficient (Wildman–Crippen LogP) is 2.69. The van der Waals surface area contributed by atoms with Gasteiger partial charge in [-0.2, -0.15) is 0 Å². The van der Waals surface area contributed by atoms with E-state index in [9.17, 15) is 0 Å². The average Bonchev–Trinajstić information content (AvgIpc) is 2.51. The Morgan fingerprint density at radius 3 is 2.18 bits per heavy atom. The molecule has 0 amide bonds. The van der Waals surface area contributed by atoms with Gasteiger partial charge in [-0.25, -0.2) is 0 Å². The lowest BCUT2D eigenvalue weighted by Gasteiger charge is -2.46. The highest BCUT2D eigenvalue weighted by Crippen LogP contribution is 2.77. The Morgan fingerprint density at radius 1 is 1.00 bits per heavy atom. The Hall–Kier alpha value is 0. The zero-order valence-electron chi connectivity index (χ0n) is 7.22. The van der Waals surface area contributed by atoms with Crippen molar-refractivity contribution in [2.75, 3.05) is 0 Å². The summed E-state index contributed by atoms with van der Waals surface area (Å²) in [5.74, 6) is 6.11. The standard InChI is InChI=1S/C11H16/c1-11-3-6-2-7(4-11)10-8(5-11)9(6)10/h6-10H,2-5H2,1H3. The molecule has 60 valence electrons. The fourth-order valence-corrected chi connectivity index (χ4v) is 5.25. The molecule has 0 spiro atoms. The van der Waals surface area contributed by atoms with Crippen molar-refractivity contribution in [1.82, 2.24) is 0 Å². The summed E-state index contributed by atoms with van der Waals surface area (Å²) in [5, 5.41) is 0. The number of hydrogen-bond donors (Lipinski definition) is 0. The number of hydrogen-bond acceptors (Lipinski definition) is 0. The van der Waals surface area contributed by atoms with Crippen LogP contribution in [-0.4, -0.2) is 0 Å². The molecule has 4 bridgehead atoms. The first-order valence-corrected chi connectivity index (χ1v) is 5.27. The molecular formula is C11H16. The van der Waals surface area contributed by atoms with Crippen LogP contribution < -0.4 is 0 Å². The van der Waals surface area contributed by atoms with E-state index in [1.807, 2.05) is 0 Å². The van der Waals surface area contributed by atoms with Gasteiger partial charge in [-0.3, -0.25) is 0 Å². The molecule has 5 aliphatic carbocycles. The van der Waals surface area contributed by atoms with Crippen molar-refractivity contribution in [2.45, 2.75) is 32.6 Å². The summed E-state index contributed by atoms with van der Waals surface area (Å²) < 4.78 is 0. The van der Waals surface area contributed by atoms with E-state index in [-0.39, 0.29) is 0 Å². The quantitative estimate of drug-likeness (QED) is 0.495. The van der Waals surface area contributed by atoms with Crippen LogP contribution in [0.25, 0.3) is 0 Å². The van der Waals surface area contributed by atoms with Gasteiger partial charge in [0.05, 0.1) is 0 Å². The zero-order valence-corrected chi connectivity index (χ0v) is 7.22. The van der Waals surface area contributed by atoms with E-state index in [0.717, 1.165) is 5.41 Å². The van der Waals surface area contributed by atoms with Crippen molar-refractivity contribution in [3.8, 4) is 0 Å². The summed E-state index contributed by atoms with van der Waals surface area (Å²) in [7, 11) is 0. The lowest BCUT2D eigenvalue weighted by molar-refractivity contribution is 0.0443. The van der Waals surface area contributed by atoms with Crippen molar-refractivity contribution in [3.63, 3.8) is 0 Å². The second-order valence-corrected chi connectivity index (χ2v) is 6.00. The van der Waals surface area contributed by atoms with Gasteiger partial charge in [-0.05, 0) is 60.7 Å². The molecule has 11 heavy (non-hydrogen) atoms. The first kappa shape index (κ1) is 5.61. The van der Waals surface area contributed by atoms with Crippen LogP contribution in [0.3, 0.4) is 0 Å². The van der Waals surface area contributed by atoms with Crippen molar-refractivity contribution in [1.29, 1.82) is 0 Å². The van der Waals surface area contributed by atoms with E-state index in [2.05, 4.69) is 6.92 Å². The first-order valence-electron chi connectivity index (χ1n) is 5.27. The van der Waals surface area contributed by atoms with E-state index in [4.69, 9.17) is 0 Å². The Labute approximate surface area is 68.4 Å². The molecule has 0 radical (unpaired) electrons. The fraction of sp³-hybridized carbons (Fsp3) is 1.00. The molecule has 0 saturated heterocycles. The van der Waals surface area contributed by atoms with Gasteiger partial charge in [-0.15, -0.1) is 0 Å². The van der Waals surface area contributed by atoms with E-state index in [1.54, 1.807) is 25.7 Å². The van der Waals surface area contributed by atoms with E-state index in [0.29, 0.717) is 0 Å². The van der Waals surface area contributed by atoms with Crippen LogP contribution in [0.4, 0.5) is 0 Å². The van der Waals surface area contributed by atoms with E-state index < -0.39 is 0 Å². The Kier molecular flexibility index (Phi) is 0.661. The van der Waals surface area contributed by atoms with Crippen LogP contribution in [0, 0.1) is 35.0 Å². The highest BCUT2D eigenvalue weighted by atomic mass is 14.7. The molecule has 0 N–H and O–H groups in total. The molecule has 0 aromatic heterocycles. The number of rotatable bonds is 0. The van der Waals surface area contributed by atoms with Gasteiger partial charge >= 0.3 is 0 Å². The van der Waals surface area contributed by atoms with Crippen molar-refractivity contribution >= 4 is 0 Å². The molecule has 0 heteroatoms. The maximum Gasteiger partial charge on any atom is -0.0318 e. The Bertz CT molecular complexity index is 212. The normalized spacial score (nSPS) is 75.5. The second-order valence-electron chi connectivity index (χ2n) is 6.00. The van der Waals surface area contributed by atoms with Gasteiger partial charge in [0.15, 0.2) is 0 Å². The molecule has 5 aliphatic rings. The van der Waals surface area contributed by atoms with Crippen LogP contribution in [0.15, 0.2) is 0 Å². The topological polar surface area (TPSA) is 0 Å². The van der Waals surface area contributed by atoms with Crippen LogP contribution in [0.5, 0.6) is 0 Å². The maximum atomic E-state index is 2.55. The van der Waals surface area contributed by atoms with Crippen LogP contribution >= 0.6 is 0 Å². The summed E-state index contributed by atoms with van der Waals surface area (Å²) in [4.78, 5) is 0. The molecule has 5 fully saturated rings. The second kappa shape index (κ2) is 1.30. The highest BCUT2D eigenvalue weighted by molar-refractivity contribution is 5.19. The Morgan fingerprint density at radius 2 is 1.64 bits per heavy atom. The monoisotopic (exact) mass is 148 g/mol. The van der Waals surface area contributed by atoms with E-state index in [1.165, 1.54) is 29.6 Å². The van der Waals surface area contributed by atoms with E-state index >= 15 is 0 Å². The zero-order chi connectivity index (χ0) is 7.22. The van der Waals surface area contributed by atoms with Crippen molar-refractivity contribution in [2.24, 2.45) is 35.0 Å². The van der Waals surface area contributed by atoms with Crippen molar-refractivity contribution in [3.05, 3.63) is 0 Å². The van der Waals surface area contributed by atoms with Gasteiger partial charge < -0.3 is 0 Å². The predicted molar refractivity (Wildman–Crippen MR) is 44.0 cm³/mol. The Balaban J connectivity index is 1.87. The fourth-order valence-electron chi connectivity index (χ4n) is 5.25. The van der Waals surface area contributed by atoms with Gasteiger partial charge in [0, 0.05) is 0 Å². The first-order chi connectivity index (χ1) is 5.27. The van der Waals surface area contributed by atoms with Crippen LogP contribution in [0.2, 0.25) is 0 Å². The molecule has 0 heterocycles. The molecule has 5 rings (SSSR count). The summed E-state index contributed by atoms with van der Waals surface area (Å²) >= 11 is 0. The molecule has 5 saturated carbocycles. The molecule has 0 aromatic rings. The summed E-state index contributed by atoms with van der Waals surface area (Å²) in [6, 6.07) is 0. The SMILES string of the molecule is CC12CC3CC(C1)C1C(C2)C31. The minimum atomic E-state index is 0.821. The molecule has 0 aromatic carbocycles. The van der Waals surface area contributed by atoms with Crippen LogP contribution in [0.1, 0.15) is 32.6 Å². The third-order valence-corrected chi connectivity index (χ3v) is 5.22. The van der Waals surface area contributed by atoms with Crippen LogP contribution in [-0.2, 0) is 0 Å². The average molecular weight is 148 g/mol. The molecular weight excluding hydrogens is 132 g/mol. The lowest BCUT2D eigenvalue weighted by atomic mass is 9.59. The molecule has 0 nitrogen and oxygen atoms in total. The largest absolute Gasteiger partial charge is 0.0596 e. The highest BCUT2D eigenvalue weighted by Gasteiger charge is 2.70. The van der Waals surface area contributed by atoms with Gasteiger partial charge in [0.25, 0.3) is 0 Å². The maximum absolute atomic E-state index is 2.55. The van der Waals surface area contributed by atoms with Gasteiger partial charge in [0.2, 0.25) is 0 Å². The smallest absolute Gasteiger partial charge is 0.0318 e. The third-order valence-electron chi connectivity index (χ3n) is 5.22. The van der Waals surface area contributed by atoms with Crippen molar-refractivity contribution < 1.29 is 0 Å². The summed E-state index contributed by atoms with van der Waals surface area (Å²) in [5.41, 5.74) is 0.821. The van der Waals surface area contributed by atoms with Gasteiger partial charge in [-0.1, -0.05) is 6.92 Å². The lowest BCUT2D eigenvalue weighted by Crippen LogP contribution is -2.36. The minimum absolute atomic E-state index is 0.821. The molecule has 4 atom stereocenters.